The van der Waals surface area contributed by atoms with Gasteiger partial charge in [-0.1, -0.05) is 31.2 Å². The first kappa shape index (κ1) is 16.2. The SMILES string of the molecule is CCc1ccc(C(=O)COc2ncnc3sc4c(c23)CCCC4)cc1. The van der Waals surface area contributed by atoms with Crippen molar-refractivity contribution < 1.29 is 9.53 Å². The number of hydrogen-bond acceptors (Lipinski definition) is 5. The van der Waals surface area contributed by atoms with E-state index in [-0.39, 0.29) is 12.4 Å². The average Bonchev–Trinajstić information content (AvgIpc) is 3.05. The van der Waals surface area contributed by atoms with Gasteiger partial charge >= 0.3 is 0 Å². The molecule has 2 heterocycles. The topological polar surface area (TPSA) is 52.1 Å². The van der Waals surface area contributed by atoms with E-state index in [0.717, 1.165) is 29.5 Å². The maximum atomic E-state index is 12.4. The molecule has 0 saturated heterocycles. The molecule has 0 N–H and O–H groups in total. The Labute approximate surface area is 150 Å². The fourth-order valence-corrected chi connectivity index (χ4v) is 4.53. The lowest BCUT2D eigenvalue weighted by molar-refractivity contribution is 0.0919. The molecular weight excluding hydrogens is 332 g/mol. The normalized spacial score (nSPS) is 13.6. The van der Waals surface area contributed by atoms with Gasteiger partial charge in [-0.2, -0.15) is 0 Å². The van der Waals surface area contributed by atoms with Crippen LogP contribution >= 0.6 is 11.3 Å². The smallest absolute Gasteiger partial charge is 0.226 e. The van der Waals surface area contributed by atoms with Gasteiger partial charge in [0.25, 0.3) is 0 Å². The minimum absolute atomic E-state index is 0.00219. The summed E-state index contributed by atoms with van der Waals surface area (Å²) in [4.78, 5) is 23.5. The number of rotatable bonds is 5. The average molecular weight is 352 g/mol. The molecule has 0 saturated carbocycles. The summed E-state index contributed by atoms with van der Waals surface area (Å²) in [6.07, 6.45) is 7.07. The molecule has 2 aromatic heterocycles. The molecule has 0 bridgehead atoms. The predicted molar refractivity (Wildman–Crippen MR) is 99.7 cm³/mol. The summed E-state index contributed by atoms with van der Waals surface area (Å²) in [5, 5.41) is 1.01. The molecular formula is C20H20N2O2S. The van der Waals surface area contributed by atoms with Gasteiger partial charge in [-0.3, -0.25) is 4.79 Å². The number of Topliss-reactive ketones (excluding diaryl/α,β-unsaturated/α-hetero) is 1. The Bertz CT molecular complexity index is 915. The minimum atomic E-state index is -0.0292. The highest BCUT2D eigenvalue weighted by molar-refractivity contribution is 7.18. The quantitative estimate of drug-likeness (QED) is 0.639. The van der Waals surface area contributed by atoms with Crippen molar-refractivity contribution in [1.29, 1.82) is 0 Å². The highest BCUT2D eigenvalue weighted by Crippen LogP contribution is 2.38. The molecule has 0 fully saturated rings. The van der Waals surface area contributed by atoms with E-state index in [2.05, 4.69) is 16.9 Å². The number of aromatic nitrogens is 2. The number of ether oxygens (including phenoxy) is 1. The third kappa shape index (κ3) is 3.16. The second-order valence-corrected chi connectivity index (χ2v) is 7.42. The minimum Gasteiger partial charge on any atom is -0.469 e. The van der Waals surface area contributed by atoms with Gasteiger partial charge in [0.2, 0.25) is 5.88 Å². The number of aryl methyl sites for hydroxylation is 3. The van der Waals surface area contributed by atoms with Crippen LogP contribution in [-0.4, -0.2) is 22.4 Å². The number of carbonyl (C=O) groups is 1. The van der Waals surface area contributed by atoms with Gasteiger partial charge in [-0.25, -0.2) is 9.97 Å². The second kappa shape index (κ2) is 6.92. The lowest BCUT2D eigenvalue weighted by atomic mass is 9.97. The molecule has 4 nitrogen and oxygen atoms in total. The molecule has 0 spiro atoms. The molecule has 0 unspecified atom stereocenters. The van der Waals surface area contributed by atoms with Crippen LogP contribution in [0.1, 0.15) is 46.1 Å². The Balaban J connectivity index is 1.56. The number of thiophene rings is 1. The number of hydrogen-bond donors (Lipinski definition) is 0. The Morgan fingerprint density at radius 3 is 2.76 bits per heavy atom. The van der Waals surface area contributed by atoms with E-state index in [0.29, 0.717) is 11.4 Å². The third-order valence-electron chi connectivity index (χ3n) is 4.74. The predicted octanol–water partition coefficient (Wildman–Crippen LogP) is 4.39. The van der Waals surface area contributed by atoms with Crippen LogP contribution in [0.15, 0.2) is 30.6 Å². The van der Waals surface area contributed by atoms with Crippen LogP contribution < -0.4 is 4.74 Å². The van der Waals surface area contributed by atoms with Crippen molar-refractivity contribution >= 4 is 27.3 Å². The molecule has 0 radical (unpaired) electrons. The summed E-state index contributed by atoms with van der Waals surface area (Å²) >= 11 is 1.73. The van der Waals surface area contributed by atoms with Crippen LogP contribution in [-0.2, 0) is 19.3 Å². The number of carbonyl (C=O) groups excluding carboxylic acids is 1. The maximum absolute atomic E-state index is 12.4. The van der Waals surface area contributed by atoms with Crippen LogP contribution in [0.4, 0.5) is 0 Å². The number of fused-ring (bicyclic) bond motifs is 3. The molecule has 1 aromatic carbocycles. The zero-order chi connectivity index (χ0) is 17.2. The molecule has 128 valence electrons. The highest BCUT2D eigenvalue weighted by atomic mass is 32.1. The second-order valence-electron chi connectivity index (χ2n) is 6.33. The summed E-state index contributed by atoms with van der Waals surface area (Å²) in [6.45, 7) is 2.10. The van der Waals surface area contributed by atoms with Gasteiger partial charge in [0.15, 0.2) is 12.4 Å². The lowest BCUT2D eigenvalue weighted by Crippen LogP contribution is -2.12. The number of nitrogens with zero attached hydrogens (tertiary/aromatic N) is 2. The molecule has 3 aromatic rings. The van der Waals surface area contributed by atoms with Gasteiger partial charge in [-0.05, 0) is 43.2 Å². The summed E-state index contributed by atoms with van der Waals surface area (Å²) in [7, 11) is 0. The maximum Gasteiger partial charge on any atom is 0.226 e. The van der Waals surface area contributed by atoms with Gasteiger partial charge in [-0.15, -0.1) is 11.3 Å². The molecule has 1 aliphatic rings. The zero-order valence-corrected chi connectivity index (χ0v) is 15.1. The first-order valence-corrected chi connectivity index (χ1v) is 9.58. The standard InChI is InChI=1S/C20H20N2O2S/c1-2-13-7-9-14(10-8-13)16(23)11-24-19-18-15-5-3-4-6-17(15)25-20(18)22-12-21-19/h7-10,12H,2-6,11H2,1H3. The summed E-state index contributed by atoms with van der Waals surface area (Å²) in [5.74, 6) is 0.515. The van der Waals surface area contributed by atoms with Crippen molar-refractivity contribution in [3.63, 3.8) is 0 Å². The fourth-order valence-electron chi connectivity index (χ4n) is 3.31. The third-order valence-corrected chi connectivity index (χ3v) is 5.94. The van der Waals surface area contributed by atoms with Crippen LogP contribution in [0.5, 0.6) is 5.88 Å². The van der Waals surface area contributed by atoms with E-state index >= 15 is 0 Å². The lowest BCUT2D eigenvalue weighted by Gasteiger charge is -2.12. The Morgan fingerprint density at radius 1 is 1.16 bits per heavy atom. The van der Waals surface area contributed by atoms with E-state index in [1.54, 1.807) is 11.3 Å². The van der Waals surface area contributed by atoms with Gasteiger partial charge < -0.3 is 4.74 Å². The van der Waals surface area contributed by atoms with Crippen LogP contribution in [0.3, 0.4) is 0 Å². The molecule has 5 heteroatoms. The van der Waals surface area contributed by atoms with Gasteiger partial charge in [0.05, 0.1) is 5.39 Å². The van der Waals surface area contributed by atoms with E-state index in [4.69, 9.17) is 4.74 Å². The number of ketones is 1. The van der Waals surface area contributed by atoms with Crippen LogP contribution in [0, 0.1) is 0 Å². The molecule has 0 aliphatic heterocycles. The van der Waals surface area contributed by atoms with Crippen molar-refractivity contribution in [2.75, 3.05) is 6.61 Å². The van der Waals surface area contributed by atoms with Crippen molar-refractivity contribution in [2.24, 2.45) is 0 Å². The van der Waals surface area contributed by atoms with E-state index < -0.39 is 0 Å². The van der Waals surface area contributed by atoms with E-state index in [1.807, 2.05) is 24.3 Å². The zero-order valence-electron chi connectivity index (χ0n) is 14.2. The summed E-state index contributed by atoms with van der Waals surface area (Å²) < 4.78 is 5.82. The monoisotopic (exact) mass is 352 g/mol. The first-order valence-electron chi connectivity index (χ1n) is 8.76. The Kier molecular flexibility index (Phi) is 4.49. The molecule has 25 heavy (non-hydrogen) atoms. The fraction of sp³-hybridized carbons (Fsp3) is 0.350. The summed E-state index contributed by atoms with van der Waals surface area (Å²) in [5.41, 5.74) is 3.22. The molecule has 0 atom stereocenters. The van der Waals surface area contributed by atoms with E-state index in [1.165, 1.54) is 35.2 Å². The van der Waals surface area contributed by atoms with Gasteiger partial charge in [0.1, 0.15) is 11.2 Å². The largest absolute Gasteiger partial charge is 0.469 e. The Hall–Kier alpha value is -2.27. The van der Waals surface area contributed by atoms with Crippen molar-refractivity contribution in [1.82, 2.24) is 9.97 Å². The summed E-state index contributed by atoms with van der Waals surface area (Å²) in [6, 6.07) is 7.72. The van der Waals surface area contributed by atoms with Crippen molar-refractivity contribution in [2.45, 2.75) is 39.0 Å². The molecule has 4 rings (SSSR count). The van der Waals surface area contributed by atoms with Crippen molar-refractivity contribution in [3.05, 3.63) is 52.2 Å². The van der Waals surface area contributed by atoms with Gasteiger partial charge in [0, 0.05) is 10.4 Å². The van der Waals surface area contributed by atoms with Crippen LogP contribution in [0.25, 0.3) is 10.2 Å². The Morgan fingerprint density at radius 2 is 1.96 bits per heavy atom. The molecule has 0 amide bonds. The van der Waals surface area contributed by atoms with Crippen molar-refractivity contribution in [3.8, 4) is 5.88 Å². The van der Waals surface area contributed by atoms with Crippen LogP contribution in [0.2, 0.25) is 0 Å². The highest BCUT2D eigenvalue weighted by Gasteiger charge is 2.21. The van der Waals surface area contributed by atoms with E-state index in [9.17, 15) is 4.79 Å². The molecule has 1 aliphatic carbocycles. The number of benzene rings is 1. The first-order chi connectivity index (χ1) is 12.3.